The van der Waals surface area contributed by atoms with Crippen LogP contribution in [0.5, 0.6) is 5.75 Å². The number of rotatable bonds is 23. The molecule has 4 aromatic carbocycles. The van der Waals surface area contributed by atoms with E-state index in [0.717, 1.165) is 40.6 Å². The second kappa shape index (κ2) is 26.8. The number of thiazole rings is 1. The predicted octanol–water partition coefficient (Wildman–Crippen LogP) is 9.02. The molecule has 1 saturated heterocycles. The third kappa shape index (κ3) is 16.8. The summed E-state index contributed by atoms with van der Waals surface area (Å²) in [4.78, 5) is 71.2. The lowest BCUT2D eigenvalue weighted by Crippen LogP contribution is -2.57. The zero-order chi connectivity index (χ0) is 60.3. The van der Waals surface area contributed by atoms with Gasteiger partial charge in [-0.15, -0.1) is 29.6 Å². The van der Waals surface area contributed by atoms with Crippen molar-refractivity contribution in [3.05, 3.63) is 126 Å². The lowest BCUT2D eigenvalue weighted by molar-refractivity contribution is -0.274. The molecule has 3 atom stereocenters. The van der Waals surface area contributed by atoms with Crippen molar-refractivity contribution in [2.45, 2.75) is 115 Å². The monoisotopic (exact) mass is 1190 g/mol. The highest BCUT2D eigenvalue weighted by atomic mass is 32.2. The number of benzene rings is 4. The number of aliphatic hydroxyl groups excluding tert-OH is 1. The van der Waals surface area contributed by atoms with Gasteiger partial charge in [-0.3, -0.25) is 19.1 Å². The highest BCUT2D eigenvalue weighted by Crippen LogP contribution is 2.36. The second-order valence-electron chi connectivity index (χ2n) is 21.2. The number of sulfonamides is 1. The number of anilines is 6. The van der Waals surface area contributed by atoms with E-state index in [2.05, 4.69) is 56.6 Å². The molecule has 8 N–H and O–H groups in total. The fourth-order valence-corrected chi connectivity index (χ4v) is 10.7. The lowest BCUT2D eigenvalue weighted by atomic mass is 9.85. The van der Waals surface area contributed by atoms with Gasteiger partial charge in [0.1, 0.15) is 29.3 Å². The van der Waals surface area contributed by atoms with Crippen molar-refractivity contribution in [1.29, 1.82) is 0 Å². The van der Waals surface area contributed by atoms with E-state index < -0.39 is 63.6 Å². The van der Waals surface area contributed by atoms with E-state index in [4.69, 9.17) is 5.14 Å². The number of urea groups is 1. The Hall–Kier alpha value is -8.53. The number of halogens is 3. The van der Waals surface area contributed by atoms with Gasteiger partial charge in [-0.1, -0.05) is 75.6 Å². The maximum atomic E-state index is 14.1. The van der Waals surface area contributed by atoms with E-state index in [1.54, 1.807) is 65.2 Å². The first-order valence-corrected chi connectivity index (χ1v) is 29.3. The number of aromatic nitrogens is 6. The number of likely N-dealkylation sites (tertiary alicyclic amines) is 1. The molecule has 0 saturated carbocycles. The molecule has 1 fully saturated rings. The number of carbonyl (C=O) groups is 4. The Morgan fingerprint density at radius 2 is 1.61 bits per heavy atom. The van der Waals surface area contributed by atoms with Crippen LogP contribution in [0, 0.1) is 12.3 Å². The Kier molecular flexibility index (Phi) is 19.6. The number of hydrogen-bond donors (Lipinski definition) is 7. The predicted molar refractivity (Wildman–Crippen MR) is 312 cm³/mol. The minimum Gasteiger partial charge on any atom is -0.405 e. The van der Waals surface area contributed by atoms with Gasteiger partial charge in [-0.25, -0.2) is 28.3 Å². The molecular weight excluding hydrogens is 1130 g/mol. The minimum absolute atomic E-state index is 0.0406. The van der Waals surface area contributed by atoms with Crippen LogP contribution < -0.4 is 41.4 Å². The van der Waals surface area contributed by atoms with Crippen molar-refractivity contribution in [3.63, 3.8) is 0 Å². The summed E-state index contributed by atoms with van der Waals surface area (Å²) in [5.41, 5.74) is 5.52. The van der Waals surface area contributed by atoms with Crippen LogP contribution in [0.2, 0.25) is 0 Å². The fourth-order valence-electron chi connectivity index (χ4n) is 9.33. The summed E-state index contributed by atoms with van der Waals surface area (Å²) in [6.45, 7) is 8.01. The summed E-state index contributed by atoms with van der Waals surface area (Å²) < 4.78 is 70.1. The van der Waals surface area contributed by atoms with Crippen LogP contribution in [0.15, 0.2) is 120 Å². The molecule has 27 heteroatoms. The number of carbonyl (C=O) groups excluding carboxylic acids is 4. The highest BCUT2D eigenvalue weighted by molar-refractivity contribution is 7.89. The summed E-state index contributed by atoms with van der Waals surface area (Å²) in [5.74, 6) is -1.04. The van der Waals surface area contributed by atoms with Gasteiger partial charge in [0.15, 0.2) is 0 Å². The van der Waals surface area contributed by atoms with E-state index in [9.17, 15) is 45.9 Å². The molecule has 1 aliphatic rings. The average Bonchev–Trinajstić information content (AvgIpc) is 4.27. The maximum absolute atomic E-state index is 14.1. The lowest BCUT2D eigenvalue weighted by Gasteiger charge is -2.35. The molecule has 1 aliphatic heterocycles. The number of nitrogens with zero attached hydrogens (tertiary/aromatic N) is 8. The van der Waals surface area contributed by atoms with E-state index >= 15 is 0 Å². The zero-order valence-corrected chi connectivity index (χ0v) is 48.3. The smallest absolute Gasteiger partial charge is 0.405 e. The van der Waals surface area contributed by atoms with E-state index in [1.807, 2.05) is 52.0 Å². The highest BCUT2D eigenvalue weighted by Gasteiger charge is 2.44. The first-order valence-electron chi connectivity index (χ1n) is 26.9. The Bertz CT molecular complexity index is 3560. The Labute approximate surface area is 487 Å². The summed E-state index contributed by atoms with van der Waals surface area (Å²) >= 11 is 1.55. The quantitative estimate of drug-likeness (QED) is 0.0294. The molecule has 7 aromatic rings. The van der Waals surface area contributed by atoms with Gasteiger partial charge >= 0.3 is 12.4 Å². The van der Waals surface area contributed by atoms with Crippen molar-refractivity contribution >= 4 is 79.6 Å². The van der Waals surface area contributed by atoms with Crippen molar-refractivity contribution in [3.8, 4) is 27.4 Å². The van der Waals surface area contributed by atoms with Crippen LogP contribution in [0.25, 0.3) is 21.7 Å². The SMILES string of the molecule is Cc1ncsc1-c1ccc(CNC(=O)[C@@H]2C[C@@H](O)CN2C(=O)[C@@H](NC(=O)CCCCCCCn2cc(-c3cc(NC(=O)Nc4ccc(N(C)c5ccnc(Nc6cccc(S(N)(=O)=O)c6)n5)cc4)ccc3OC(F)(F)F)nn2)C(C)(C)C)cc1. The molecule has 0 spiro atoms. The molecule has 5 amide bonds. The number of aryl methyl sites for hydroxylation is 2. The van der Waals surface area contributed by atoms with Crippen LogP contribution in [0.3, 0.4) is 0 Å². The van der Waals surface area contributed by atoms with Gasteiger partial charge in [0.05, 0.1) is 33.3 Å². The summed E-state index contributed by atoms with van der Waals surface area (Å²) in [6.07, 6.45) is 0.661. The number of unbranched alkanes of at least 4 members (excludes halogenated alkanes) is 4. The first-order chi connectivity index (χ1) is 39.9. The Morgan fingerprint density at radius 1 is 0.893 bits per heavy atom. The largest absolute Gasteiger partial charge is 0.573 e. The van der Waals surface area contributed by atoms with Crippen LogP contribution in [-0.2, 0) is 37.5 Å². The van der Waals surface area contributed by atoms with E-state index in [1.165, 1.54) is 52.3 Å². The third-order valence-corrected chi connectivity index (χ3v) is 15.6. The van der Waals surface area contributed by atoms with Gasteiger partial charge in [-0.2, -0.15) is 4.98 Å². The number of alkyl halides is 3. The second-order valence-corrected chi connectivity index (χ2v) is 23.6. The number of nitrogens with one attached hydrogen (secondary N) is 5. The summed E-state index contributed by atoms with van der Waals surface area (Å²) in [6, 6.07) is 23.1. The van der Waals surface area contributed by atoms with Crippen LogP contribution >= 0.6 is 11.3 Å². The molecule has 22 nitrogen and oxygen atoms in total. The zero-order valence-electron chi connectivity index (χ0n) is 46.7. The number of primary sulfonamides is 1. The number of nitrogens with two attached hydrogens (primary N) is 1. The number of aliphatic hydroxyl groups is 1. The minimum atomic E-state index is -5.03. The van der Waals surface area contributed by atoms with Gasteiger partial charge in [0, 0.05) is 74.0 Å². The molecule has 3 aromatic heterocycles. The molecule has 0 unspecified atom stereocenters. The summed E-state index contributed by atoms with van der Waals surface area (Å²) in [5, 5.41) is 38.2. The molecule has 444 valence electrons. The van der Waals surface area contributed by atoms with Gasteiger partial charge in [0.2, 0.25) is 33.7 Å². The standard InChI is InChI=1S/C57H65F3N14O8S2/c1-35-50(83-34-64-35)37-17-15-36(16-18-37)31-63-52(77)46-30-42(75)32-74(46)53(78)51(56(2,3)4)69-49(76)14-9-7-6-8-10-27-73-33-45(70-71-73)44-29-40(21-24-47(44)82-57(58,59)60)67-55(79)66-38-19-22-41(23-20-38)72(5)48-25-26-62-54(68-48)65-39-12-11-13-43(28-39)84(61,80)81/h11-13,15-26,28-29,33-34,42,46,51,75H,6-10,14,27,30-32H2,1-5H3,(H,63,77)(H,69,76)(H2,61,80,81)(H,62,65,68)(H2,66,67,79)/t42-,46+,51-/m1/s1. The molecular formula is C57H65F3N14O8S2. The number of hydrogen-bond acceptors (Lipinski definition) is 16. The van der Waals surface area contributed by atoms with Crippen LogP contribution in [0.1, 0.15) is 77.0 Å². The number of ether oxygens (including phenoxy) is 1. The number of amides is 5. The molecule has 0 radical (unpaired) electrons. The maximum Gasteiger partial charge on any atom is 0.573 e. The van der Waals surface area contributed by atoms with Crippen molar-refractivity contribution in [2.24, 2.45) is 10.6 Å². The Balaban J connectivity index is 0.781. The van der Waals surface area contributed by atoms with E-state index in [-0.39, 0.29) is 59.6 Å². The summed E-state index contributed by atoms with van der Waals surface area (Å²) in [7, 11) is -2.17. The Morgan fingerprint density at radius 3 is 2.31 bits per heavy atom. The van der Waals surface area contributed by atoms with Gasteiger partial charge in [-0.05, 0) is 103 Å². The normalized spacial score (nSPS) is 14.8. The first kappa shape index (κ1) is 61.5. The third-order valence-electron chi connectivity index (χ3n) is 13.7. The van der Waals surface area contributed by atoms with Crippen LogP contribution in [0.4, 0.5) is 52.5 Å². The van der Waals surface area contributed by atoms with Gasteiger partial charge in [0.25, 0.3) is 0 Å². The molecule has 84 heavy (non-hydrogen) atoms. The van der Waals surface area contributed by atoms with Crippen molar-refractivity contribution in [1.82, 2.24) is 45.5 Å². The fraction of sp³-hybridized carbons (Fsp3) is 0.351. The number of β-amino-alcohol motifs (C(OH)–C–C–N with tert-alkyl or cyclic N) is 1. The molecule has 8 rings (SSSR count). The van der Waals surface area contributed by atoms with Crippen molar-refractivity contribution < 1.29 is 50.6 Å². The molecule has 0 bridgehead atoms. The topological polar surface area (TPSA) is 294 Å². The molecule has 4 heterocycles. The average molecular weight is 1200 g/mol. The van der Waals surface area contributed by atoms with E-state index in [0.29, 0.717) is 48.7 Å². The van der Waals surface area contributed by atoms with Gasteiger partial charge < -0.3 is 46.2 Å². The van der Waals surface area contributed by atoms with Crippen molar-refractivity contribution in [2.75, 3.05) is 34.4 Å². The van der Waals surface area contributed by atoms with Crippen LogP contribution in [-0.4, -0.2) is 110 Å². The molecule has 0 aliphatic carbocycles.